The quantitative estimate of drug-likeness (QED) is 0.655. The number of nitrogens with zero attached hydrogens (tertiary/aromatic N) is 2. The van der Waals surface area contributed by atoms with Crippen molar-refractivity contribution in [1.29, 1.82) is 0 Å². The van der Waals surface area contributed by atoms with Gasteiger partial charge in [-0.2, -0.15) is 0 Å². The Balaban J connectivity index is 1.91. The fraction of sp³-hybridized carbons (Fsp3) is 0.235. The van der Waals surface area contributed by atoms with E-state index in [1.54, 1.807) is 12.1 Å². The van der Waals surface area contributed by atoms with Crippen LogP contribution in [-0.2, 0) is 0 Å². The highest BCUT2D eigenvalue weighted by molar-refractivity contribution is 6.06. The molecule has 0 radical (unpaired) electrons. The third-order valence-electron chi connectivity index (χ3n) is 4.11. The summed E-state index contributed by atoms with van der Waals surface area (Å²) in [5.41, 5.74) is 0.00494. The minimum Gasteiger partial charge on any atom is -0.502 e. The van der Waals surface area contributed by atoms with E-state index in [9.17, 15) is 24.4 Å². The average molecular weight is 345 g/mol. The largest absolute Gasteiger partial charge is 0.502 e. The van der Waals surface area contributed by atoms with Crippen LogP contribution < -0.4 is 10.2 Å². The number of phenolic OH excluding ortho intramolecular Hbond substituents is 1. The van der Waals surface area contributed by atoms with Crippen LogP contribution in [0.1, 0.15) is 23.2 Å². The second-order valence-electron chi connectivity index (χ2n) is 5.74. The minimum absolute atomic E-state index is 0.0416. The van der Waals surface area contributed by atoms with Crippen molar-refractivity contribution in [2.24, 2.45) is 0 Å². The molecule has 25 heavy (non-hydrogen) atoms. The zero-order valence-corrected chi connectivity index (χ0v) is 13.2. The number of carbonyl (C=O) groups is 1. The van der Waals surface area contributed by atoms with E-state index in [0.29, 0.717) is 5.69 Å². The van der Waals surface area contributed by atoms with Crippen molar-refractivity contribution < 1.29 is 19.2 Å². The first-order valence-electron chi connectivity index (χ1n) is 7.79. The summed E-state index contributed by atoms with van der Waals surface area (Å²) in [7, 11) is 0. The molecule has 0 aromatic heterocycles. The average Bonchev–Trinajstić information content (AvgIpc) is 3.11. The van der Waals surface area contributed by atoms with Gasteiger partial charge in [-0.05, 0) is 37.1 Å². The smallest absolute Gasteiger partial charge is 0.311 e. The lowest BCUT2D eigenvalue weighted by Crippen LogP contribution is -2.22. The van der Waals surface area contributed by atoms with Gasteiger partial charge in [0.15, 0.2) is 5.75 Å². The van der Waals surface area contributed by atoms with Crippen LogP contribution in [0.25, 0.3) is 0 Å². The molecule has 0 spiro atoms. The number of carbonyl (C=O) groups excluding carboxylic acids is 1. The van der Waals surface area contributed by atoms with E-state index in [4.69, 9.17) is 0 Å². The third-order valence-corrected chi connectivity index (χ3v) is 4.11. The van der Waals surface area contributed by atoms with Crippen molar-refractivity contribution in [3.8, 4) is 5.75 Å². The highest BCUT2D eigenvalue weighted by Crippen LogP contribution is 2.32. The molecule has 1 aliphatic heterocycles. The number of hydrogen-bond donors (Lipinski definition) is 2. The van der Waals surface area contributed by atoms with Gasteiger partial charge in [0.05, 0.1) is 10.6 Å². The molecule has 8 heteroatoms. The number of benzene rings is 2. The van der Waals surface area contributed by atoms with E-state index >= 15 is 0 Å². The fourth-order valence-corrected chi connectivity index (χ4v) is 2.85. The topological polar surface area (TPSA) is 95.7 Å². The summed E-state index contributed by atoms with van der Waals surface area (Å²) in [5, 5.41) is 22.9. The van der Waals surface area contributed by atoms with Gasteiger partial charge in [0.25, 0.3) is 5.91 Å². The summed E-state index contributed by atoms with van der Waals surface area (Å²) in [6.07, 6.45) is 1.99. The van der Waals surface area contributed by atoms with Crippen LogP contribution in [0.4, 0.5) is 21.5 Å². The molecule has 0 atom stereocenters. The Morgan fingerprint density at radius 1 is 1.24 bits per heavy atom. The number of halogens is 1. The number of aromatic hydroxyl groups is 1. The number of nitro benzene ring substituents is 1. The zero-order valence-electron chi connectivity index (χ0n) is 13.2. The monoisotopic (exact) mass is 345 g/mol. The van der Waals surface area contributed by atoms with Gasteiger partial charge in [0.2, 0.25) is 0 Å². The van der Waals surface area contributed by atoms with E-state index < -0.39 is 28.1 Å². The van der Waals surface area contributed by atoms with Gasteiger partial charge in [-0.25, -0.2) is 4.39 Å². The normalized spacial score (nSPS) is 13.7. The van der Waals surface area contributed by atoms with Crippen molar-refractivity contribution in [3.05, 3.63) is 57.9 Å². The Morgan fingerprint density at radius 2 is 1.96 bits per heavy atom. The molecule has 1 heterocycles. The highest BCUT2D eigenvalue weighted by Gasteiger charge is 2.22. The number of nitrogens with one attached hydrogen (secondary N) is 1. The number of hydrogen-bond acceptors (Lipinski definition) is 5. The van der Waals surface area contributed by atoms with Crippen LogP contribution in [0.2, 0.25) is 0 Å². The van der Waals surface area contributed by atoms with E-state index in [1.807, 2.05) is 4.90 Å². The van der Waals surface area contributed by atoms with Gasteiger partial charge in [0, 0.05) is 24.7 Å². The standard InChI is InChI=1S/C17H16FN3O4/c18-12-4-3-5-13(20-8-1-2-9-20)16(12)19-17(23)11-6-7-15(22)14(10-11)21(24)25/h3-7,10,22H,1-2,8-9H2,(H,19,23). The Bertz CT molecular complexity index is 835. The van der Waals surface area contributed by atoms with E-state index in [1.165, 1.54) is 12.1 Å². The van der Waals surface area contributed by atoms with E-state index in [-0.39, 0.29) is 11.3 Å². The first-order chi connectivity index (χ1) is 12.0. The van der Waals surface area contributed by atoms with Crippen molar-refractivity contribution in [3.63, 3.8) is 0 Å². The summed E-state index contributed by atoms with van der Waals surface area (Å²) in [6.45, 7) is 1.55. The maximum absolute atomic E-state index is 14.3. The molecular weight excluding hydrogens is 329 g/mol. The van der Waals surface area contributed by atoms with Gasteiger partial charge >= 0.3 is 5.69 Å². The molecule has 3 rings (SSSR count). The van der Waals surface area contributed by atoms with E-state index in [2.05, 4.69) is 5.32 Å². The molecular formula is C17H16FN3O4. The third kappa shape index (κ3) is 3.37. The summed E-state index contributed by atoms with van der Waals surface area (Å²) in [4.78, 5) is 24.5. The molecule has 1 fully saturated rings. The van der Waals surface area contributed by atoms with Crippen molar-refractivity contribution in [1.82, 2.24) is 0 Å². The number of phenols is 1. The molecule has 130 valence electrons. The second kappa shape index (κ2) is 6.76. The highest BCUT2D eigenvalue weighted by atomic mass is 19.1. The Kier molecular flexibility index (Phi) is 4.51. The van der Waals surface area contributed by atoms with Gasteiger partial charge in [0.1, 0.15) is 11.5 Å². The van der Waals surface area contributed by atoms with Crippen LogP contribution in [0, 0.1) is 15.9 Å². The molecule has 0 saturated carbocycles. The lowest BCUT2D eigenvalue weighted by Gasteiger charge is -2.22. The van der Waals surface area contributed by atoms with Gasteiger partial charge < -0.3 is 15.3 Å². The summed E-state index contributed by atoms with van der Waals surface area (Å²) in [6, 6.07) is 7.81. The molecule has 2 N–H and O–H groups in total. The van der Waals surface area contributed by atoms with Crippen LogP contribution in [0.15, 0.2) is 36.4 Å². The van der Waals surface area contributed by atoms with Gasteiger partial charge in [-0.3, -0.25) is 14.9 Å². The van der Waals surface area contributed by atoms with Crippen molar-refractivity contribution >= 4 is 23.0 Å². The number of nitro groups is 1. The molecule has 1 saturated heterocycles. The predicted molar refractivity (Wildman–Crippen MR) is 90.6 cm³/mol. The number of para-hydroxylation sites is 1. The molecule has 0 aliphatic carbocycles. The minimum atomic E-state index is -0.787. The molecule has 2 aromatic carbocycles. The zero-order chi connectivity index (χ0) is 18.0. The van der Waals surface area contributed by atoms with Crippen molar-refractivity contribution in [2.45, 2.75) is 12.8 Å². The molecule has 0 bridgehead atoms. The summed E-state index contributed by atoms with van der Waals surface area (Å²) < 4.78 is 14.3. The Labute approximate surface area is 142 Å². The lowest BCUT2D eigenvalue weighted by atomic mass is 10.1. The lowest BCUT2D eigenvalue weighted by molar-refractivity contribution is -0.385. The van der Waals surface area contributed by atoms with Crippen LogP contribution in [0.3, 0.4) is 0 Å². The number of rotatable bonds is 4. The second-order valence-corrected chi connectivity index (χ2v) is 5.74. The van der Waals surface area contributed by atoms with Crippen LogP contribution in [-0.4, -0.2) is 29.0 Å². The first kappa shape index (κ1) is 16.7. The van der Waals surface area contributed by atoms with Gasteiger partial charge in [-0.15, -0.1) is 0 Å². The Morgan fingerprint density at radius 3 is 2.64 bits per heavy atom. The summed E-state index contributed by atoms with van der Waals surface area (Å²) in [5.74, 6) is -1.80. The fourth-order valence-electron chi connectivity index (χ4n) is 2.85. The molecule has 1 aliphatic rings. The molecule has 2 aromatic rings. The van der Waals surface area contributed by atoms with Crippen molar-refractivity contribution in [2.75, 3.05) is 23.3 Å². The maximum Gasteiger partial charge on any atom is 0.311 e. The molecule has 7 nitrogen and oxygen atoms in total. The Hall–Kier alpha value is -3.16. The molecule has 0 unspecified atom stereocenters. The number of amides is 1. The first-order valence-corrected chi connectivity index (χ1v) is 7.79. The maximum atomic E-state index is 14.3. The van der Waals surface area contributed by atoms with E-state index in [0.717, 1.165) is 38.1 Å². The number of anilines is 2. The predicted octanol–water partition coefficient (Wildman–Crippen LogP) is 3.29. The van der Waals surface area contributed by atoms with Crippen LogP contribution in [0.5, 0.6) is 5.75 Å². The SMILES string of the molecule is O=C(Nc1c(F)cccc1N1CCCC1)c1ccc(O)c([N+](=O)[O-])c1. The van der Waals surface area contributed by atoms with Crippen LogP contribution >= 0.6 is 0 Å². The van der Waals surface area contributed by atoms with Gasteiger partial charge in [-0.1, -0.05) is 6.07 Å². The summed E-state index contributed by atoms with van der Waals surface area (Å²) >= 11 is 0. The molecule has 1 amide bonds.